The van der Waals surface area contributed by atoms with E-state index >= 15 is 0 Å². The predicted molar refractivity (Wildman–Crippen MR) is 108 cm³/mol. The maximum absolute atomic E-state index is 12.6. The van der Waals surface area contributed by atoms with Crippen molar-refractivity contribution in [3.8, 4) is 11.3 Å². The minimum atomic E-state index is -1.13. The van der Waals surface area contributed by atoms with Gasteiger partial charge in [-0.05, 0) is 24.6 Å². The van der Waals surface area contributed by atoms with Gasteiger partial charge in [-0.1, -0.05) is 43.0 Å². The standard InChI is InChI=1S/C18H14N2O6S2/c1-2-12(17(22)23)19-16(21)15(28-18(19)27)9-10-7-8-14(26-10)11-5-3-4-6-13(11)20(24)25/h3-9,12H,2H2,1H3,(H,22,23). The second kappa shape index (κ2) is 7.95. The first-order valence-electron chi connectivity index (χ1n) is 8.17. The highest BCUT2D eigenvalue weighted by Gasteiger charge is 2.39. The Bertz CT molecular complexity index is 1010. The van der Waals surface area contributed by atoms with Gasteiger partial charge in [0.15, 0.2) is 0 Å². The molecule has 8 nitrogen and oxygen atoms in total. The SMILES string of the molecule is CCC(C(=O)O)N1C(=O)C(=Cc2ccc(-c3ccccc3[N+](=O)[O-])o2)SC1=S. The largest absolute Gasteiger partial charge is 0.480 e. The Morgan fingerprint density at radius 3 is 2.75 bits per heavy atom. The fourth-order valence-corrected chi connectivity index (χ4v) is 4.10. The lowest BCUT2D eigenvalue weighted by Gasteiger charge is -2.21. The molecule has 1 aliphatic heterocycles. The van der Waals surface area contributed by atoms with E-state index in [2.05, 4.69) is 0 Å². The molecule has 0 aliphatic carbocycles. The molecule has 0 spiro atoms. The van der Waals surface area contributed by atoms with E-state index < -0.39 is 22.8 Å². The lowest BCUT2D eigenvalue weighted by Crippen LogP contribution is -2.43. The van der Waals surface area contributed by atoms with Gasteiger partial charge in [-0.15, -0.1) is 0 Å². The zero-order chi connectivity index (χ0) is 20.4. The van der Waals surface area contributed by atoms with Crippen molar-refractivity contribution in [2.75, 3.05) is 0 Å². The number of thioether (sulfide) groups is 1. The summed E-state index contributed by atoms with van der Waals surface area (Å²) in [5.74, 6) is -1.05. The summed E-state index contributed by atoms with van der Waals surface area (Å²) in [4.78, 5) is 36.0. The Hall–Kier alpha value is -2.98. The van der Waals surface area contributed by atoms with Gasteiger partial charge in [0.2, 0.25) is 0 Å². The quantitative estimate of drug-likeness (QED) is 0.325. The highest BCUT2D eigenvalue weighted by Crippen LogP contribution is 2.36. The molecule has 1 amide bonds. The molecule has 2 aromatic rings. The van der Waals surface area contributed by atoms with Gasteiger partial charge in [0.25, 0.3) is 11.6 Å². The molecule has 144 valence electrons. The fourth-order valence-electron chi connectivity index (χ4n) is 2.76. The molecule has 0 saturated carbocycles. The summed E-state index contributed by atoms with van der Waals surface area (Å²) in [5, 5.41) is 20.5. The number of carboxylic acids is 1. The minimum Gasteiger partial charge on any atom is -0.480 e. The number of rotatable bonds is 6. The molecule has 0 bridgehead atoms. The van der Waals surface area contributed by atoms with Crippen LogP contribution < -0.4 is 0 Å². The lowest BCUT2D eigenvalue weighted by molar-refractivity contribution is -0.384. The second-order valence-electron chi connectivity index (χ2n) is 5.79. The summed E-state index contributed by atoms with van der Waals surface area (Å²) in [6.07, 6.45) is 1.67. The Morgan fingerprint density at radius 2 is 2.11 bits per heavy atom. The van der Waals surface area contributed by atoms with Crippen molar-refractivity contribution in [2.24, 2.45) is 0 Å². The van der Waals surface area contributed by atoms with Crippen molar-refractivity contribution in [1.29, 1.82) is 0 Å². The number of carbonyl (C=O) groups excluding carboxylic acids is 1. The number of hydrogen-bond acceptors (Lipinski definition) is 7. The third kappa shape index (κ3) is 3.69. The highest BCUT2D eigenvalue weighted by molar-refractivity contribution is 8.26. The molecule has 1 aliphatic rings. The van der Waals surface area contributed by atoms with E-state index in [-0.39, 0.29) is 27.1 Å². The smallest absolute Gasteiger partial charge is 0.326 e. The molecule has 1 fully saturated rings. The van der Waals surface area contributed by atoms with E-state index in [1.165, 1.54) is 12.1 Å². The van der Waals surface area contributed by atoms with Crippen molar-refractivity contribution >= 4 is 51.9 Å². The lowest BCUT2D eigenvalue weighted by atomic mass is 10.1. The molecule has 28 heavy (non-hydrogen) atoms. The number of para-hydroxylation sites is 1. The molecule has 10 heteroatoms. The number of aliphatic carboxylic acids is 1. The average molecular weight is 418 g/mol. The molecule has 1 aromatic carbocycles. The van der Waals surface area contributed by atoms with Crippen LogP contribution in [0.15, 0.2) is 45.7 Å². The van der Waals surface area contributed by atoms with Crippen molar-refractivity contribution in [3.63, 3.8) is 0 Å². The van der Waals surface area contributed by atoms with Gasteiger partial charge in [-0.2, -0.15) is 0 Å². The van der Waals surface area contributed by atoms with Gasteiger partial charge in [0, 0.05) is 12.1 Å². The number of nitro benzene ring substituents is 1. The summed E-state index contributed by atoms with van der Waals surface area (Å²) in [7, 11) is 0. The minimum absolute atomic E-state index is 0.0954. The number of nitro groups is 1. The number of amides is 1. The van der Waals surface area contributed by atoms with Gasteiger partial charge in [0.05, 0.1) is 15.4 Å². The first-order valence-corrected chi connectivity index (χ1v) is 9.39. The van der Waals surface area contributed by atoms with E-state index in [4.69, 9.17) is 16.6 Å². The van der Waals surface area contributed by atoms with Crippen LogP contribution in [0.25, 0.3) is 17.4 Å². The topological polar surface area (TPSA) is 114 Å². The predicted octanol–water partition coefficient (Wildman–Crippen LogP) is 3.92. The van der Waals surface area contributed by atoms with E-state index in [9.17, 15) is 24.8 Å². The second-order valence-corrected chi connectivity index (χ2v) is 7.47. The number of carbonyl (C=O) groups is 2. The van der Waals surface area contributed by atoms with Gasteiger partial charge in [-0.3, -0.25) is 19.8 Å². The van der Waals surface area contributed by atoms with Gasteiger partial charge in [0.1, 0.15) is 21.9 Å². The molecule has 1 unspecified atom stereocenters. The van der Waals surface area contributed by atoms with Crippen molar-refractivity contribution in [1.82, 2.24) is 4.90 Å². The summed E-state index contributed by atoms with van der Waals surface area (Å²) < 4.78 is 5.81. The number of thiocarbonyl (C=S) groups is 1. The summed E-state index contributed by atoms with van der Waals surface area (Å²) in [6.45, 7) is 1.66. The molecule has 0 radical (unpaired) electrons. The van der Waals surface area contributed by atoms with Crippen LogP contribution in [0, 0.1) is 10.1 Å². The van der Waals surface area contributed by atoms with Crippen molar-refractivity contribution < 1.29 is 24.0 Å². The van der Waals surface area contributed by atoms with Crippen LogP contribution in [-0.4, -0.2) is 37.2 Å². The first-order chi connectivity index (χ1) is 13.3. The van der Waals surface area contributed by atoms with Crippen LogP contribution in [0.5, 0.6) is 0 Å². The van der Waals surface area contributed by atoms with Gasteiger partial charge >= 0.3 is 5.97 Å². The molecule has 1 saturated heterocycles. The van der Waals surface area contributed by atoms with Crippen LogP contribution in [-0.2, 0) is 9.59 Å². The highest BCUT2D eigenvalue weighted by atomic mass is 32.2. The van der Waals surface area contributed by atoms with Crippen LogP contribution in [0.3, 0.4) is 0 Å². The molecule has 2 heterocycles. The number of furan rings is 1. The van der Waals surface area contributed by atoms with Crippen molar-refractivity contribution in [3.05, 3.63) is 57.2 Å². The van der Waals surface area contributed by atoms with E-state index in [1.54, 1.807) is 37.3 Å². The summed E-state index contributed by atoms with van der Waals surface area (Å²) in [6, 6.07) is 8.28. The summed E-state index contributed by atoms with van der Waals surface area (Å²) in [5.41, 5.74) is 0.221. The Labute approximate surface area is 169 Å². The molecule has 1 N–H and O–H groups in total. The third-order valence-corrected chi connectivity index (χ3v) is 5.40. The van der Waals surface area contributed by atoms with E-state index in [1.807, 2.05) is 0 Å². The molecule has 3 rings (SSSR count). The van der Waals surface area contributed by atoms with Crippen molar-refractivity contribution in [2.45, 2.75) is 19.4 Å². The molecule has 1 atom stereocenters. The molecular formula is C18H14N2O6S2. The Balaban J connectivity index is 1.90. The number of hydrogen-bond donors (Lipinski definition) is 1. The summed E-state index contributed by atoms with van der Waals surface area (Å²) >= 11 is 6.15. The van der Waals surface area contributed by atoms with Crippen LogP contribution in [0.1, 0.15) is 19.1 Å². The zero-order valence-electron chi connectivity index (χ0n) is 14.5. The zero-order valence-corrected chi connectivity index (χ0v) is 16.2. The van der Waals surface area contributed by atoms with Crippen LogP contribution in [0.2, 0.25) is 0 Å². The maximum atomic E-state index is 12.6. The normalized spacial score (nSPS) is 16.6. The first kappa shape index (κ1) is 19.8. The van der Waals surface area contributed by atoms with Gasteiger partial charge < -0.3 is 9.52 Å². The van der Waals surface area contributed by atoms with Crippen LogP contribution in [0.4, 0.5) is 5.69 Å². The van der Waals surface area contributed by atoms with Crippen LogP contribution >= 0.6 is 24.0 Å². The Morgan fingerprint density at radius 1 is 1.39 bits per heavy atom. The maximum Gasteiger partial charge on any atom is 0.326 e. The Kier molecular flexibility index (Phi) is 5.61. The number of benzene rings is 1. The molecule has 1 aromatic heterocycles. The fraction of sp³-hybridized carbons (Fsp3) is 0.167. The monoisotopic (exact) mass is 418 g/mol. The molecular weight excluding hydrogens is 404 g/mol. The number of carboxylic acid groups (broad SMARTS) is 1. The third-order valence-electron chi connectivity index (χ3n) is 4.07. The van der Waals surface area contributed by atoms with E-state index in [0.29, 0.717) is 11.3 Å². The van der Waals surface area contributed by atoms with E-state index in [0.717, 1.165) is 16.7 Å². The number of nitrogens with zero attached hydrogens (tertiary/aromatic N) is 2. The average Bonchev–Trinajstić information content (AvgIpc) is 3.22. The van der Waals surface area contributed by atoms with Gasteiger partial charge in [-0.25, -0.2) is 4.79 Å².